The molecular weight excluding hydrogens is 468 g/mol. The average molecular weight is 499 g/mol. The maximum Gasteiger partial charge on any atom is 0.353 e. The molecular formula is C27H30N8O2. The summed E-state index contributed by atoms with van der Waals surface area (Å²) in [4.78, 5) is 32.8. The summed E-state index contributed by atoms with van der Waals surface area (Å²) in [6.07, 6.45) is 3.43. The zero-order chi connectivity index (χ0) is 25.2. The predicted molar refractivity (Wildman–Crippen MR) is 145 cm³/mol. The Labute approximate surface area is 215 Å². The van der Waals surface area contributed by atoms with Gasteiger partial charge in [0.15, 0.2) is 0 Å². The Morgan fingerprint density at radius 1 is 0.784 bits per heavy atom. The largest absolute Gasteiger partial charge is 0.367 e. The smallest absolute Gasteiger partial charge is 0.353 e. The van der Waals surface area contributed by atoms with Gasteiger partial charge in [0.25, 0.3) is 0 Å². The number of aromatic nitrogens is 3. The van der Waals surface area contributed by atoms with Crippen molar-refractivity contribution in [1.82, 2.24) is 19.9 Å². The van der Waals surface area contributed by atoms with E-state index in [1.54, 1.807) is 0 Å². The second-order valence-corrected chi connectivity index (χ2v) is 9.57. The third-order valence-electron chi connectivity index (χ3n) is 7.38. The van der Waals surface area contributed by atoms with E-state index in [-0.39, 0.29) is 10.6 Å². The summed E-state index contributed by atoms with van der Waals surface area (Å²) in [5.41, 5.74) is 3.59. The normalized spacial score (nSPS) is 16.9. The number of aromatic amines is 1. The van der Waals surface area contributed by atoms with Gasteiger partial charge in [0.1, 0.15) is 6.33 Å². The Bertz CT molecular complexity index is 1380. The fraction of sp³-hybridized carbons (Fsp3) is 0.333. The first kappa shape index (κ1) is 23.2. The van der Waals surface area contributed by atoms with Gasteiger partial charge >= 0.3 is 5.69 Å². The zero-order valence-corrected chi connectivity index (χ0v) is 20.7. The van der Waals surface area contributed by atoms with Crippen molar-refractivity contribution in [3.8, 4) is 0 Å². The molecule has 0 atom stereocenters. The molecule has 0 aliphatic carbocycles. The van der Waals surface area contributed by atoms with Crippen LogP contribution in [-0.4, -0.2) is 77.1 Å². The van der Waals surface area contributed by atoms with E-state index < -0.39 is 0 Å². The minimum Gasteiger partial charge on any atom is -0.367 e. The summed E-state index contributed by atoms with van der Waals surface area (Å²) in [6, 6.07) is 18.8. The lowest BCUT2D eigenvalue weighted by Gasteiger charge is -2.37. The van der Waals surface area contributed by atoms with Crippen LogP contribution in [0.2, 0.25) is 0 Å². The molecule has 6 rings (SSSR count). The van der Waals surface area contributed by atoms with Crippen LogP contribution in [-0.2, 0) is 6.54 Å². The van der Waals surface area contributed by atoms with E-state index in [0.717, 1.165) is 38.2 Å². The number of nitrogens with zero attached hydrogens (tertiary/aromatic N) is 7. The Balaban J connectivity index is 1.16. The minimum atomic E-state index is -0.312. The number of piperazine rings is 2. The minimum absolute atomic E-state index is 0.0141. The first-order valence-electron chi connectivity index (χ1n) is 12.7. The van der Waals surface area contributed by atoms with Crippen LogP contribution in [0.15, 0.2) is 67.1 Å². The van der Waals surface area contributed by atoms with Crippen molar-refractivity contribution >= 4 is 33.9 Å². The van der Waals surface area contributed by atoms with E-state index in [1.807, 2.05) is 22.1 Å². The summed E-state index contributed by atoms with van der Waals surface area (Å²) in [5.74, 6) is 0.843. The first-order valence-corrected chi connectivity index (χ1v) is 12.7. The number of H-pyrrole nitrogens is 1. The third kappa shape index (κ3) is 4.67. The highest BCUT2D eigenvalue weighted by molar-refractivity contribution is 5.92. The highest BCUT2D eigenvalue weighted by Crippen LogP contribution is 2.36. The van der Waals surface area contributed by atoms with Crippen LogP contribution in [0.25, 0.3) is 10.9 Å². The highest BCUT2D eigenvalue weighted by atomic mass is 16.6. The standard InChI is InChI=1S/C27H30N8O2/c36-35(37)25-26(33-13-11-31(12-14-33)19-21-5-2-1-3-6-21)29-20-30-27(25)34-17-15-32(16-18-34)24-8-4-7-23-22(24)9-10-28-23/h1-10,20,28H,11-19H2. The van der Waals surface area contributed by atoms with Gasteiger partial charge in [0.2, 0.25) is 11.6 Å². The lowest BCUT2D eigenvalue weighted by Crippen LogP contribution is -2.48. The zero-order valence-electron chi connectivity index (χ0n) is 20.7. The van der Waals surface area contributed by atoms with Gasteiger partial charge in [-0.3, -0.25) is 15.0 Å². The predicted octanol–water partition coefficient (Wildman–Crippen LogP) is 3.51. The topological polar surface area (TPSA) is 97.7 Å². The van der Waals surface area contributed by atoms with Crippen LogP contribution < -0.4 is 14.7 Å². The summed E-state index contributed by atoms with van der Waals surface area (Å²) in [6.45, 7) is 6.76. The summed E-state index contributed by atoms with van der Waals surface area (Å²) < 4.78 is 0. The van der Waals surface area contributed by atoms with Crippen molar-refractivity contribution in [1.29, 1.82) is 0 Å². The van der Waals surface area contributed by atoms with Gasteiger partial charge in [-0.05, 0) is 23.8 Å². The summed E-state index contributed by atoms with van der Waals surface area (Å²) in [5, 5.41) is 13.5. The van der Waals surface area contributed by atoms with Gasteiger partial charge in [-0.15, -0.1) is 0 Å². The van der Waals surface area contributed by atoms with Gasteiger partial charge < -0.3 is 19.7 Å². The Morgan fingerprint density at radius 3 is 2.11 bits per heavy atom. The van der Waals surface area contributed by atoms with Crippen molar-refractivity contribution in [2.24, 2.45) is 0 Å². The van der Waals surface area contributed by atoms with Crippen LogP contribution in [0.5, 0.6) is 0 Å². The van der Waals surface area contributed by atoms with E-state index in [0.29, 0.717) is 37.8 Å². The number of hydrogen-bond donors (Lipinski definition) is 1. The maximum absolute atomic E-state index is 12.3. The third-order valence-corrected chi connectivity index (χ3v) is 7.38. The lowest BCUT2D eigenvalue weighted by molar-refractivity contribution is -0.383. The fourth-order valence-corrected chi connectivity index (χ4v) is 5.45. The fourth-order valence-electron chi connectivity index (χ4n) is 5.45. The molecule has 190 valence electrons. The number of anilines is 3. The molecule has 2 fully saturated rings. The Morgan fingerprint density at radius 2 is 1.43 bits per heavy atom. The Hall–Kier alpha value is -4.18. The molecule has 0 bridgehead atoms. The van der Waals surface area contributed by atoms with Crippen LogP contribution in [0.4, 0.5) is 23.0 Å². The van der Waals surface area contributed by atoms with Crippen molar-refractivity contribution in [2.75, 3.05) is 67.1 Å². The molecule has 37 heavy (non-hydrogen) atoms. The molecule has 2 aromatic heterocycles. The molecule has 2 aliphatic rings. The molecule has 4 heterocycles. The van der Waals surface area contributed by atoms with Crippen LogP contribution in [0.3, 0.4) is 0 Å². The van der Waals surface area contributed by atoms with Crippen molar-refractivity contribution in [3.63, 3.8) is 0 Å². The van der Waals surface area contributed by atoms with E-state index in [1.165, 1.54) is 23.0 Å². The summed E-state index contributed by atoms with van der Waals surface area (Å²) >= 11 is 0. The molecule has 0 amide bonds. The average Bonchev–Trinajstić information content (AvgIpc) is 3.43. The molecule has 2 aliphatic heterocycles. The quantitative estimate of drug-likeness (QED) is 0.319. The van der Waals surface area contributed by atoms with Gasteiger partial charge in [-0.1, -0.05) is 36.4 Å². The molecule has 0 spiro atoms. The molecule has 10 nitrogen and oxygen atoms in total. The monoisotopic (exact) mass is 498 g/mol. The van der Waals surface area contributed by atoms with E-state index in [4.69, 9.17) is 0 Å². The van der Waals surface area contributed by atoms with Crippen LogP contribution >= 0.6 is 0 Å². The van der Waals surface area contributed by atoms with Crippen molar-refractivity contribution in [3.05, 3.63) is 82.8 Å². The molecule has 2 saturated heterocycles. The van der Waals surface area contributed by atoms with Crippen LogP contribution in [0.1, 0.15) is 5.56 Å². The van der Waals surface area contributed by atoms with Crippen molar-refractivity contribution in [2.45, 2.75) is 6.54 Å². The van der Waals surface area contributed by atoms with Gasteiger partial charge in [0.05, 0.1) is 4.92 Å². The maximum atomic E-state index is 12.3. The molecule has 2 aromatic carbocycles. The number of rotatable bonds is 6. The van der Waals surface area contributed by atoms with Crippen molar-refractivity contribution < 1.29 is 4.92 Å². The number of nitrogens with one attached hydrogen (secondary N) is 1. The summed E-state index contributed by atoms with van der Waals surface area (Å²) in [7, 11) is 0. The number of hydrogen-bond acceptors (Lipinski definition) is 8. The molecule has 4 aromatic rings. The first-order chi connectivity index (χ1) is 18.2. The number of benzene rings is 2. The molecule has 0 radical (unpaired) electrons. The number of nitro groups is 1. The molecule has 0 unspecified atom stereocenters. The van der Waals surface area contributed by atoms with E-state index in [2.05, 4.69) is 73.3 Å². The molecule has 10 heteroatoms. The SMILES string of the molecule is O=[N+]([O-])c1c(N2CCN(Cc3ccccc3)CC2)ncnc1N1CCN(c2cccc3[nH]ccc23)CC1. The highest BCUT2D eigenvalue weighted by Gasteiger charge is 2.33. The lowest BCUT2D eigenvalue weighted by atomic mass is 10.1. The van der Waals surface area contributed by atoms with E-state index >= 15 is 0 Å². The van der Waals surface area contributed by atoms with Gasteiger partial charge in [-0.2, -0.15) is 0 Å². The second kappa shape index (κ2) is 10.1. The molecule has 0 saturated carbocycles. The number of fused-ring (bicyclic) bond motifs is 1. The molecule has 1 N–H and O–H groups in total. The van der Waals surface area contributed by atoms with E-state index in [9.17, 15) is 10.1 Å². The Kier molecular flexibility index (Phi) is 6.32. The van der Waals surface area contributed by atoms with Crippen LogP contribution in [0, 0.1) is 10.1 Å². The van der Waals surface area contributed by atoms with Gasteiger partial charge in [-0.25, -0.2) is 9.97 Å². The second-order valence-electron chi connectivity index (χ2n) is 9.57. The van der Waals surface area contributed by atoms with Gasteiger partial charge in [0, 0.05) is 81.7 Å².